The molecule has 0 atom stereocenters. The Hall–Kier alpha value is -1.70. The number of nitrogens with zero attached hydrogens (tertiary/aromatic N) is 1. The van der Waals surface area contributed by atoms with Gasteiger partial charge in [0.15, 0.2) is 0 Å². The summed E-state index contributed by atoms with van der Waals surface area (Å²) in [7, 11) is 1.84. The van der Waals surface area contributed by atoms with Crippen molar-refractivity contribution in [3.8, 4) is 0 Å². The molecule has 0 radical (unpaired) electrons. The number of halogens is 1. The molecule has 0 unspecified atom stereocenters. The number of anilines is 1. The molecule has 128 valence electrons. The van der Waals surface area contributed by atoms with E-state index in [1.807, 2.05) is 55.4 Å². The normalized spacial score (nSPS) is 10.7. The summed E-state index contributed by atoms with van der Waals surface area (Å²) in [5.41, 5.74) is 3.90. The largest absolute Gasteiger partial charge is 0.325 e. The molecule has 0 saturated heterocycles. The van der Waals surface area contributed by atoms with E-state index in [4.69, 9.17) is 0 Å². The molecular weight excluding hydrogens is 390 g/mol. The van der Waals surface area contributed by atoms with E-state index in [1.54, 1.807) is 11.3 Å². The van der Waals surface area contributed by atoms with Gasteiger partial charge in [-0.1, -0.05) is 17.7 Å². The number of imide groups is 1. The van der Waals surface area contributed by atoms with Crippen molar-refractivity contribution in [2.75, 3.05) is 18.9 Å². The van der Waals surface area contributed by atoms with Crippen LogP contribution < -0.4 is 10.6 Å². The summed E-state index contributed by atoms with van der Waals surface area (Å²) in [6, 6.07) is 7.22. The Labute approximate surface area is 154 Å². The molecule has 3 amide bonds. The first-order valence-electron chi connectivity index (χ1n) is 7.43. The Morgan fingerprint density at radius 1 is 1.25 bits per heavy atom. The van der Waals surface area contributed by atoms with Gasteiger partial charge in [-0.05, 0) is 65.5 Å². The van der Waals surface area contributed by atoms with Crippen molar-refractivity contribution < 1.29 is 9.59 Å². The van der Waals surface area contributed by atoms with Crippen LogP contribution in [0.1, 0.15) is 16.7 Å². The van der Waals surface area contributed by atoms with Crippen molar-refractivity contribution in [3.63, 3.8) is 0 Å². The molecule has 0 aliphatic carbocycles. The molecule has 2 N–H and O–H groups in total. The van der Waals surface area contributed by atoms with Gasteiger partial charge in [-0.15, -0.1) is 11.3 Å². The van der Waals surface area contributed by atoms with Gasteiger partial charge in [-0.3, -0.25) is 15.0 Å². The number of likely N-dealkylation sites (N-methyl/N-ethyl adjacent to an activating group) is 1. The third-order valence-electron chi connectivity index (χ3n) is 3.37. The van der Waals surface area contributed by atoms with E-state index in [0.29, 0.717) is 12.2 Å². The molecule has 0 aliphatic heterocycles. The maximum Gasteiger partial charge on any atom is 0.325 e. The van der Waals surface area contributed by atoms with Crippen LogP contribution in [-0.4, -0.2) is 30.4 Å². The van der Waals surface area contributed by atoms with E-state index in [1.165, 1.54) is 0 Å². The second-order valence-corrected chi connectivity index (χ2v) is 8.04. The van der Waals surface area contributed by atoms with Crippen LogP contribution in [-0.2, 0) is 11.3 Å². The predicted molar refractivity (Wildman–Crippen MR) is 101 cm³/mol. The average molecular weight is 410 g/mol. The highest BCUT2D eigenvalue weighted by atomic mass is 79.9. The van der Waals surface area contributed by atoms with Crippen LogP contribution in [0, 0.1) is 13.8 Å². The molecule has 24 heavy (non-hydrogen) atoms. The second kappa shape index (κ2) is 8.41. The first-order valence-corrected chi connectivity index (χ1v) is 9.10. The van der Waals surface area contributed by atoms with E-state index in [0.717, 1.165) is 20.5 Å². The summed E-state index contributed by atoms with van der Waals surface area (Å²) in [6.07, 6.45) is 0. The third kappa shape index (κ3) is 5.74. The minimum absolute atomic E-state index is 0.147. The molecule has 0 spiro atoms. The fourth-order valence-electron chi connectivity index (χ4n) is 2.31. The van der Waals surface area contributed by atoms with Crippen LogP contribution in [0.15, 0.2) is 33.4 Å². The van der Waals surface area contributed by atoms with Crippen LogP contribution in [0.2, 0.25) is 0 Å². The number of carbonyl (C=O) groups is 2. The lowest BCUT2D eigenvalue weighted by atomic mass is 10.1. The monoisotopic (exact) mass is 409 g/mol. The molecule has 5 nitrogen and oxygen atoms in total. The number of amides is 3. The quantitative estimate of drug-likeness (QED) is 0.786. The molecular formula is C17H20BrN3O2S. The van der Waals surface area contributed by atoms with E-state index in [-0.39, 0.29) is 12.5 Å². The second-order valence-electron chi connectivity index (χ2n) is 5.75. The molecule has 1 aromatic carbocycles. The van der Waals surface area contributed by atoms with E-state index in [9.17, 15) is 9.59 Å². The van der Waals surface area contributed by atoms with Crippen LogP contribution in [0.5, 0.6) is 0 Å². The Morgan fingerprint density at radius 2 is 2.00 bits per heavy atom. The van der Waals surface area contributed by atoms with Crippen LogP contribution >= 0.6 is 27.3 Å². The van der Waals surface area contributed by atoms with Crippen LogP contribution in [0.3, 0.4) is 0 Å². The lowest BCUT2D eigenvalue weighted by Crippen LogP contribution is -2.40. The molecule has 1 aromatic heterocycles. The summed E-state index contributed by atoms with van der Waals surface area (Å²) in [4.78, 5) is 25.8. The average Bonchev–Trinajstić information content (AvgIpc) is 2.86. The fraction of sp³-hybridized carbons (Fsp3) is 0.294. The van der Waals surface area contributed by atoms with Gasteiger partial charge < -0.3 is 5.32 Å². The highest BCUT2D eigenvalue weighted by Crippen LogP contribution is 2.21. The Bertz CT molecular complexity index is 745. The molecule has 0 bridgehead atoms. The van der Waals surface area contributed by atoms with Crippen molar-refractivity contribution in [3.05, 3.63) is 50.1 Å². The maximum absolute atomic E-state index is 12.0. The Balaban J connectivity index is 1.81. The van der Waals surface area contributed by atoms with Gasteiger partial charge in [-0.2, -0.15) is 0 Å². The van der Waals surface area contributed by atoms with Gasteiger partial charge in [0.1, 0.15) is 0 Å². The first-order chi connectivity index (χ1) is 11.3. The number of urea groups is 1. The van der Waals surface area contributed by atoms with Gasteiger partial charge in [-0.25, -0.2) is 4.79 Å². The lowest BCUT2D eigenvalue weighted by molar-refractivity contribution is -0.120. The minimum Gasteiger partial charge on any atom is -0.307 e. The predicted octanol–water partition coefficient (Wildman–Crippen LogP) is 3.91. The summed E-state index contributed by atoms with van der Waals surface area (Å²) in [6.45, 7) is 4.70. The van der Waals surface area contributed by atoms with Crippen molar-refractivity contribution in [1.82, 2.24) is 10.2 Å². The number of hydrogen-bond acceptors (Lipinski definition) is 4. The topological polar surface area (TPSA) is 61.4 Å². The van der Waals surface area contributed by atoms with E-state index >= 15 is 0 Å². The number of thiophene rings is 1. The SMILES string of the molecule is Cc1ccc(NC(=O)NC(=O)CN(C)Cc2csc(Br)c2)c(C)c1. The van der Waals surface area contributed by atoms with E-state index in [2.05, 4.69) is 26.6 Å². The van der Waals surface area contributed by atoms with Crippen molar-refractivity contribution in [2.24, 2.45) is 0 Å². The molecule has 2 rings (SSSR count). The van der Waals surface area contributed by atoms with Gasteiger partial charge in [0, 0.05) is 12.2 Å². The Kier molecular flexibility index (Phi) is 6.53. The van der Waals surface area contributed by atoms with Gasteiger partial charge >= 0.3 is 6.03 Å². The highest BCUT2D eigenvalue weighted by Gasteiger charge is 2.12. The number of nitrogens with one attached hydrogen (secondary N) is 2. The summed E-state index contributed by atoms with van der Waals surface area (Å²) in [5.74, 6) is -0.339. The van der Waals surface area contributed by atoms with Crippen molar-refractivity contribution >= 4 is 44.9 Å². The third-order valence-corrected chi connectivity index (χ3v) is 4.92. The number of benzene rings is 1. The molecule has 0 saturated carbocycles. The maximum atomic E-state index is 12.0. The number of carbonyl (C=O) groups excluding carboxylic acids is 2. The van der Waals surface area contributed by atoms with Gasteiger partial charge in [0.05, 0.1) is 10.3 Å². The number of hydrogen-bond donors (Lipinski definition) is 2. The van der Waals surface area contributed by atoms with Crippen molar-refractivity contribution in [1.29, 1.82) is 0 Å². The van der Waals surface area contributed by atoms with Crippen LogP contribution in [0.4, 0.5) is 10.5 Å². The Morgan fingerprint density at radius 3 is 2.62 bits per heavy atom. The molecule has 1 heterocycles. The first kappa shape index (κ1) is 18.6. The zero-order valence-electron chi connectivity index (χ0n) is 13.9. The zero-order chi connectivity index (χ0) is 17.7. The highest BCUT2D eigenvalue weighted by molar-refractivity contribution is 9.11. The fourth-order valence-corrected chi connectivity index (χ4v) is 3.52. The number of aryl methyl sites for hydroxylation is 2. The molecule has 2 aromatic rings. The van der Waals surface area contributed by atoms with Gasteiger partial charge in [0.2, 0.25) is 5.91 Å². The molecule has 0 aliphatic rings. The summed E-state index contributed by atoms with van der Waals surface area (Å²) in [5, 5.41) is 7.09. The zero-order valence-corrected chi connectivity index (χ0v) is 16.3. The summed E-state index contributed by atoms with van der Waals surface area (Å²) >= 11 is 5.02. The molecule has 7 heteroatoms. The minimum atomic E-state index is -0.515. The van der Waals surface area contributed by atoms with Crippen molar-refractivity contribution in [2.45, 2.75) is 20.4 Å². The van der Waals surface area contributed by atoms with E-state index < -0.39 is 6.03 Å². The molecule has 0 fully saturated rings. The summed E-state index contributed by atoms with van der Waals surface area (Å²) < 4.78 is 1.06. The lowest BCUT2D eigenvalue weighted by Gasteiger charge is -2.15. The van der Waals surface area contributed by atoms with Gasteiger partial charge in [0.25, 0.3) is 0 Å². The standard InChI is InChI=1S/C17H20BrN3O2S/c1-11-4-5-14(12(2)6-11)19-17(23)20-16(22)9-21(3)8-13-7-15(18)24-10-13/h4-7,10H,8-9H2,1-3H3,(H2,19,20,22,23). The number of rotatable bonds is 5. The smallest absolute Gasteiger partial charge is 0.307 e. The van der Waals surface area contributed by atoms with Crippen LogP contribution in [0.25, 0.3) is 0 Å².